The van der Waals surface area contributed by atoms with Gasteiger partial charge in [0.05, 0.1) is 0 Å². The van der Waals surface area contributed by atoms with Crippen LogP contribution in [0.25, 0.3) is 0 Å². The molecule has 20 heavy (non-hydrogen) atoms. The van der Waals surface area contributed by atoms with Gasteiger partial charge in [-0.3, -0.25) is 4.79 Å². The van der Waals surface area contributed by atoms with Crippen LogP contribution in [0.5, 0.6) is 0 Å². The van der Waals surface area contributed by atoms with E-state index in [4.69, 9.17) is 5.73 Å². The highest BCUT2D eigenvalue weighted by molar-refractivity contribution is 5.91. The number of carbonyl (C=O) groups excluding carboxylic acids is 1. The van der Waals surface area contributed by atoms with Gasteiger partial charge in [-0.1, -0.05) is 39.3 Å². The van der Waals surface area contributed by atoms with Crippen molar-refractivity contribution in [1.29, 1.82) is 0 Å². The van der Waals surface area contributed by atoms with E-state index in [-0.39, 0.29) is 16.7 Å². The Hall–Kier alpha value is -1.35. The minimum absolute atomic E-state index is 0.0649. The van der Waals surface area contributed by atoms with Crippen LogP contribution in [0.3, 0.4) is 0 Å². The Morgan fingerprint density at radius 1 is 1.25 bits per heavy atom. The van der Waals surface area contributed by atoms with Crippen LogP contribution in [0.15, 0.2) is 24.3 Å². The predicted octanol–water partition coefficient (Wildman–Crippen LogP) is 3.44. The van der Waals surface area contributed by atoms with Gasteiger partial charge in [-0.15, -0.1) is 0 Å². The molecule has 1 fully saturated rings. The first-order valence-corrected chi connectivity index (χ1v) is 7.45. The number of amides is 1. The van der Waals surface area contributed by atoms with Crippen molar-refractivity contribution >= 4 is 11.6 Å². The summed E-state index contributed by atoms with van der Waals surface area (Å²) in [5.74, 6) is 0.0821. The first-order chi connectivity index (χ1) is 9.35. The van der Waals surface area contributed by atoms with Crippen molar-refractivity contribution in [3.63, 3.8) is 0 Å². The van der Waals surface area contributed by atoms with Crippen LogP contribution < -0.4 is 11.1 Å². The zero-order chi connectivity index (χ0) is 14.8. The van der Waals surface area contributed by atoms with Crippen LogP contribution in [0.2, 0.25) is 0 Å². The molecule has 3 nitrogen and oxygen atoms in total. The maximum absolute atomic E-state index is 12.1. The van der Waals surface area contributed by atoms with Gasteiger partial charge >= 0.3 is 0 Å². The minimum Gasteiger partial charge on any atom is -0.330 e. The maximum atomic E-state index is 12.1. The van der Waals surface area contributed by atoms with E-state index in [0.29, 0.717) is 13.0 Å². The van der Waals surface area contributed by atoms with Crippen LogP contribution in [-0.4, -0.2) is 12.5 Å². The van der Waals surface area contributed by atoms with Crippen LogP contribution >= 0.6 is 0 Å². The normalized spacial score (nSPS) is 17.4. The first-order valence-electron chi connectivity index (χ1n) is 7.45. The van der Waals surface area contributed by atoms with E-state index in [0.717, 1.165) is 18.5 Å². The highest BCUT2D eigenvalue weighted by Gasteiger charge is 2.37. The predicted molar refractivity (Wildman–Crippen MR) is 83.7 cm³/mol. The summed E-state index contributed by atoms with van der Waals surface area (Å²) < 4.78 is 0. The van der Waals surface area contributed by atoms with Gasteiger partial charge in [-0.2, -0.15) is 0 Å². The highest BCUT2D eigenvalue weighted by Crippen LogP contribution is 2.43. The van der Waals surface area contributed by atoms with E-state index in [9.17, 15) is 4.79 Å². The number of nitrogens with one attached hydrogen (secondary N) is 1. The zero-order valence-electron chi connectivity index (χ0n) is 12.8. The molecule has 1 amide bonds. The van der Waals surface area contributed by atoms with E-state index in [2.05, 4.69) is 38.2 Å². The maximum Gasteiger partial charge on any atom is 0.224 e. The number of anilines is 1. The van der Waals surface area contributed by atoms with E-state index in [1.807, 2.05) is 12.1 Å². The number of nitrogens with two attached hydrogens (primary N) is 1. The standard InChI is InChI=1S/C17H26N2O/c1-16(2,3)13-5-7-14(8-6-13)19-15(20)11-17(12-18)9-4-10-17/h5-8H,4,9-12,18H2,1-3H3,(H,19,20). The SMILES string of the molecule is CC(C)(C)c1ccc(NC(=O)CC2(CN)CCC2)cc1. The summed E-state index contributed by atoms with van der Waals surface area (Å²) in [6.45, 7) is 7.16. The third-order valence-corrected chi connectivity index (χ3v) is 4.42. The minimum atomic E-state index is 0.0649. The number of hydrogen-bond acceptors (Lipinski definition) is 2. The first kappa shape index (κ1) is 15.0. The van der Waals surface area contributed by atoms with Crippen molar-refractivity contribution in [2.45, 2.75) is 51.9 Å². The Kier molecular flexibility index (Phi) is 4.19. The largest absolute Gasteiger partial charge is 0.330 e. The smallest absolute Gasteiger partial charge is 0.224 e. The lowest BCUT2D eigenvalue weighted by molar-refractivity contribution is -0.119. The molecule has 0 saturated heterocycles. The molecule has 0 bridgehead atoms. The molecule has 1 aliphatic carbocycles. The second-order valence-corrected chi connectivity index (χ2v) is 7.11. The third kappa shape index (κ3) is 3.40. The van der Waals surface area contributed by atoms with Crippen molar-refractivity contribution in [1.82, 2.24) is 0 Å². The Bertz CT molecular complexity index is 461. The molecule has 0 atom stereocenters. The van der Waals surface area contributed by atoms with Crippen molar-refractivity contribution in [3.8, 4) is 0 Å². The number of benzene rings is 1. The topological polar surface area (TPSA) is 55.1 Å². The van der Waals surface area contributed by atoms with Gasteiger partial charge in [-0.05, 0) is 47.9 Å². The molecule has 110 valence electrons. The molecule has 3 N–H and O–H groups in total. The molecular weight excluding hydrogens is 248 g/mol. The average molecular weight is 274 g/mol. The van der Waals surface area contributed by atoms with Gasteiger partial charge in [0.25, 0.3) is 0 Å². The number of hydrogen-bond donors (Lipinski definition) is 2. The van der Waals surface area contributed by atoms with Gasteiger partial charge in [-0.25, -0.2) is 0 Å². The third-order valence-electron chi connectivity index (χ3n) is 4.42. The molecular formula is C17H26N2O. The monoisotopic (exact) mass is 274 g/mol. The summed E-state index contributed by atoms with van der Waals surface area (Å²) in [6.07, 6.45) is 3.91. The van der Waals surface area contributed by atoms with E-state index in [1.54, 1.807) is 0 Å². The lowest BCUT2D eigenvalue weighted by atomic mass is 9.66. The van der Waals surface area contributed by atoms with Gasteiger partial charge in [0.2, 0.25) is 5.91 Å². The lowest BCUT2D eigenvalue weighted by Gasteiger charge is -2.40. The second-order valence-electron chi connectivity index (χ2n) is 7.11. The molecule has 1 aromatic rings. The Morgan fingerprint density at radius 2 is 1.85 bits per heavy atom. The van der Waals surface area contributed by atoms with Crippen LogP contribution in [0.4, 0.5) is 5.69 Å². The van der Waals surface area contributed by atoms with Crippen LogP contribution in [0, 0.1) is 5.41 Å². The molecule has 0 aliphatic heterocycles. The van der Waals surface area contributed by atoms with Crippen LogP contribution in [-0.2, 0) is 10.2 Å². The summed E-state index contributed by atoms with van der Waals surface area (Å²) in [6, 6.07) is 8.12. The Balaban J connectivity index is 1.95. The van der Waals surface area contributed by atoms with Gasteiger partial charge in [0.15, 0.2) is 0 Å². The quantitative estimate of drug-likeness (QED) is 0.883. The lowest BCUT2D eigenvalue weighted by Crippen LogP contribution is -2.40. The molecule has 1 aromatic carbocycles. The van der Waals surface area contributed by atoms with Gasteiger partial charge in [0, 0.05) is 12.1 Å². The zero-order valence-corrected chi connectivity index (χ0v) is 12.8. The summed E-state index contributed by atoms with van der Waals surface area (Å²) in [5.41, 5.74) is 8.14. The highest BCUT2D eigenvalue weighted by atomic mass is 16.1. The van der Waals surface area contributed by atoms with Gasteiger partial charge in [0.1, 0.15) is 0 Å². The fourth-order valence-electron chi connectivity index (χ4n) is 2.73. The molecule has 0 radical (unpaired) electrons. The molecule has 1 aliphatic rings. The molecule has 2 rings (SSSR count). The van der Waals surface area contributed by atoms with Crippen molar-refractivity contribution in [2.75, 3.05) is 11.9 Å². The van der Waals surface area contributed by atoms with Crippen LogP contribution in [0.1, 0.15) is 52.0 Å². The summed E-state index contributed by atoms with van der Waals surface area (Å²) in [7, 11) is 0. The van der Waals surface area contributed by atoms with E-state index in [1.165, 1.54) is 12.0 Å². The molecule has 0 aromatic heterocycles. The van der Waals surface area contributed by atoms with Crippen molar-refractivity contribution < 1.29 is 4.79 Å². The second kappa shape index (κ2) is 5.57. The summed E-state index contributed by atoms with van der Waals surface area (Å²) in [5, 5.41) is 2.98. The van der Waals surface area contributed by atoms with E-state index >= 15 is 0 Å². The number of rotatable bonds is 4. The Morgan fingerprint density at radius 3 is 2.25 bits per heavy atom. The van der Waals surface area contributed by atoms with Crippen molar-refractivity contribution in [3.05, 3.63) is 29.8 Å². The summed E-state index contributed by atoms with van der Waals surface area (Å²) >= 11 is 0. The molecule has 0 unspecified atom stereocenters. The molecule has 3 heteroatoms. The number of carbonyl (C=O) groups is 1. The Labute approximate surface area is 121 Å². The van der Waals surface area contributed by atoms with Gasteiger partial charge < -0.3 is 11.1 Å². The fraction of sp³-hybridized carbons (Fsp3) is 0.588. The van der Waals surface area contributed by atoms with Crippen molar-refractivity contribution in [2.24, 2.45) is 11.1 Å². The average Bonchev–Trinajstić information content (AvgIpc) is 2.33. The molecule has 0 spiro atoms. The fourth-order valence-corrected chi connectivity index (χ4v) is 2.73. The molecule has 0 heterocycles. The van der Waals surface area contributed by atoms with E-state index < -0.39 is 0 Å². The summed E-state index contributed by atoms with van der Waals surface area (Å²) in [4.78, 5) is 12.1. The molecule has 1 saturated carbocycles.